The molecule has 0 aliphatic carbocycles. The van der Waals surface area contributed by atoms with Gasteiger partial charge in [0.1, 0.15) is 11.9 Å². The van der Waals surface area contributed by atoms with Crippen LogP contribution < -0.4 is 10.6 Å². The van der Waals surface area contributed by atoms with Crippen LogP contribution in [0.2, 0.25) is 0 Å². The predicted octanol–water partition coefficient (Wildman–Crippen LogP) is 5.07. The number of fused-ring (bicyclic) bond motifs is 1. The molecule has 1 aliphatic rings. The molecule has 1 aromatic heterocycles. The van der Waals surface area contributed by atoms with Gasteiger partial charge in [-0.15, -0.1) is 5.10 Å². The highest BCUT2D eigenvalue weighted by Crippen LogP contribution is 2.37. The van der Waals surface area contributed by atoms with Gasteiger partial charge in [0.15, 0.2) is 0 Å². The van der Waals surface area contributed by atoms with Crippen molar-refractivity contribution in [3.63, 3.8) is 0 Å². The predicted molar refractivity (Wildman–Crippen MR) is 122 cm³/mol. The Bertz CT molecular complexity index is 1190. The Kier molecular flexibility index (Phi) is 5.82. The van der Waals surface area contributed by atoms with Crippen molar-refractivity contribution in [2.24, 2.45) is 0 Å². The fraction of sp³-hybridized carbons (Fsp3) is 0.261. The van der Waals surface area contributed by atoms with E-state index in [0.29, 0.717) is 27.9 Å². The van der Waals surface area contributed by atoms with Crippen molar-refractivity contribution < 1.29 is 9.18 Å². The van der Waals surface area contributed by atoms with Crippen LogP contribution in [0.15, 0.2) is 58.9 Å². The molecule has 160 valence electrons. The Morgan fingerprint density at radius 1 is 1.23 bits per heavy atom. The summed E-state index contributed by atoms with van der Waals surface area (Å²) in [7, 11) is 0. The quantitative estimate of drug-likeness (QED) is 0.545. The molecular weight excluding hydrogens is 413 g/mol. The van der Waals surface area contributed by atoms with E-state index >= 15 is 0 Å². The van der Waals surface area contributed by atoms with E-state index in [4.69, 9.17) is 0 Å². The zero-order chi connectivity index (χ0) is 22.1. The van der Waals surface area contributed by atoms with Crippen molar-refractivity contribution >= 4 is 29.3 Å². The molecule has 8 heteroatoms. The van der Waals surface area contributed by atoms with Crippen LogP contribution in [-0.4, -0.2) is 26.4 Å². The van der Waals surface area contributed by atoms with Crippen LogP contribution in [0.4, 0.5) is 16.0 Å². The normalized spacial score (nSPS) is 15.5. The van der Waals surface area contributed by atoms with Gasteiger partial charge >= 0.3 is 0 Å². The first-order valence-electron chi connectivity index (χ1n) is 10.1. The van der Waals surface area contributed by atoms with Gasteiger partial charge in [-0.2, -0.15) is 4.98 Å². The van der Waals surface area contributed by atoms with E-state index in [-0.39, 0.29) is 11.7 Å². The molecule has 1 unspecified atom stereocenters. The van der Waals surface area contributed by atoms with E-state index in [2.05, 4.69) is 20.7 Å². The summed E-state index contributed by atoms with van der Waals surface area (Å²) in [6, 6.07) is 11.4. The van der Waals surface area contributed by atoms with Gasteiger partial charge in [0.05, 0.1) is 5.57 Å². The Morgan fingerprint density at radius 3 is 2.74 bits per heavy atom. The van der Waals surface area contributed by atoms with Crippen LogP contribution in [0.25, 0.3) is 0 Å². The van der Waals surface area contributed by atoms with Gasteiger partial charge in [0.25, 0.3) is 5.91 Å². The lowest BCUT2D eigenvalue weighted by Crippen LogP contribution is -2.31. The summed E-state index contributed by atoms with van der Waals surface area (Å²) >= 11 is 1.51. The Hall–Kier alpha value is -3.13. The molecule has 31 heavy (non-hydrogen) atoms. The van der Waals surface area contributed by atoms with E-state index in [9.17, 15) is 9.18 Å². The number of hydrogen-bond acceptors (Lipinski definition) is 5. The van der Waals surface area contributed by atoms with Crippen molar-refractivity contribution in [2.45, 2.75) is 38.9 Å². The second-order valence-electron chi connectivity index (χ2n) is 7.42. The molecule has 1 aliphatic heterocycles. The zero-order valence-corrected chi connectivity index (χ0v) is 18.7. The SMILES string of the molecule is CCSc1nc2n(n1)C(c1cccc(F)c1)C(C(=O)Nc1cccc(C)c1C)=C(C)N2. The summed E-state index contributed by atoms with van der Waals surface area (Å²) in [5.74, 6) is 0.720. The first-order chi connectivity index (χ1) is 14.9. The third kappa shape index (κ3) is 4.07. The van der Waals surface area contributed by atoms with Crippen molar-refractivity contribution in [1.29, 1.82) is 0 Å². The highest BCUT2D eigenvalue weighted by atomic mass is 32.2. The fourth-order valence-corrected chi connectivity index (χ4v) is 4.23. The monoisotopic (exact) mass is 437 g/mol. The zero-order valence-electron chi connectivity index (χ0n) is 17.9. The number of allylic oxidation sites excluding steroid dienone is 1. The van der Waals surface area contributed by atoms with Crippen LogP contribution in [0.1, 0.15) is 36.6 Å². The summed E-state index contributed by atoms with van der Waals surface area (Å²) in [6.07, 6.45) is 0. The average molecular weight is 438 g/mol. The molecule has 6 nitrogen and oxygen atoms in total. The molecule has 2 aromatic carbocycles. The van der Waals surface area contributed by atoms with Gasteiger partial charge in [0, 0.05) is 11.4 Å². The Labute approximate surface area is 185 Å². The molecule has 0 fully saturated rings. The van der Waals surface area contributed by atoms with E-state index in [1.165, 1.54) is 23.9 Å². The molecule has 1 amide bonds. The summed E-state index contributed by atoms with van der Waals surface area (Å²) in [6.45, 7) is 7.82. The lowest BCUT2D eigenvalue weighted by atomic mass is 9.94. The third-order valence-electron chi connectivity index (χ3n) is 5.37. The first kappa shape index (κ1) is 21.1. The number of nitrogens with one attached hydrogen (secondary N) is 2. The molecule has 0 saturated heterocycles. The number of thioether (sulfide) groups is 1. The van der Waals surface area contributed by atoms with Crippen LogP contribution in [0.3, 0.4) is 0 Å². The number of carbonyl (C=O) groups excluding carboxylic acids is 1. The maximum absolute atomic E-state index is 14.1. The molecule has 1 atom stereocenters. The third-order valence-corrected chi connectivity index (χ3v) is 6.09. The van der Waals surface area contributed by atoms with Gasteiger partial charge in [-0.25, -0.2) is 9.07 Å². The number of benzene rings is 2. The minimum atomic E-state index is -0.601. The lowest BCUT2D eigenvalue weighted by Gasteiger charge is -2.29. The maximum atomic E-state index is 14.1. The molecule has 0 radical (unpaired) electrons. The van der Waals surface area contributed by atoms with Gasteiger partial charge in [-0.1, -0.05) is 43.0 Å². The fourth-order valence-electron chi connectivity index (χ4n) is 3.68. The largest absolute Gasteiger partial charge is 0.328 e. The van der Waals surface area contributed by atoms with Crippen molar-refractivity contribution in [2.75, 3.05) is 16.4 Å². The topological polar surface area (TPSA) is 71.8 Å². The Morgan fingerprint density at radius 2 is 2.00 bits per heavy atom. The minimum Gasteiger partial charge on any atom is -0.328 e. The smallest absolute Gasteiger partial charge is 0.255 e. The van der Waals surface area contributed by atoms with E-state index in [1.54, 1.807) is 16.8 Å². The number of anilines is 2. The van der Waals surface area contributed by atoms with Gasteiger partial charge in [-0.05, 0) is 61.4 Å². The molecule has 0 bridgehead atoms. The summed E-state index contributed by atoms with van der Waals surface area (Å²) < 4.78 is 15.8. The number of aromatic nitrogens is 3. The summed E-state index contributed by atoms with van der Waals surface area (Å²) in [5, 5.41) is 11.4. The van der Waals surface area contributed by atoms with Gasteiger partial charge in [0.2, 0.25) is 11.1 Å². The first-order valence-corrected chi connectivity index (χ1v) is 11.1. The number of nitrogens with zero attached hydrogens (tertiary/aromatic N) is 3. The van der Waals surface area contributed by atoms with Gasteiger partial charge < -0.3 is 10.6 Å². The number of rotatable bonds is 5. The second kappa shape index (κ2) is 8.55. The molecular formula is C23H24FN5OS. The van der Waals surface area contributed by atoms with E-state index in [0.717, 1.165) is 22.6 Å². The molecule has 4 rings (SSSR count). The molecule has 3 aromatic rings. The van der Waals surface area contributed by atoms with Crippen molar-refractivity contribution in [3.8, 4) is 0 Å². The summed E-state index contributed by atoms with van der Waals surface area (Å²) in [4.78, 5) is 18.0. The highest BCUT2D eigenvalue weighted by Gasteiger charge is 2.34. The van der Waals surface area contributed by atoms with Gasteiger partial charge in [-0.3, -0.25) is 4.79 Å². The van der Waals surface area contributed by atoms with Crippen LogP contribution in [0.5, 0.6) is 0 Å². The highest BCUT2D eigenvalue weighted by molar-refractivity contribution is 7.99. The van der Waals surface area contributed by atoms with Crippen molar-refractivity contribution in [1.82, 2.24) is 14.8 Å². The van der Waals surface area contributed by atoms with Crippen LogP contribution >= 0.6 is 11.8 Å². The molecule has 0 spiro atoms. The van der Waals surface area contributed by atoms with E-state index < -0.39 is 6.04 Å². The average Bonchev–Trinajstić information content (AvgIpc) is 3.12. The number of halogens is 1. The number of aryl methyl sites for hydroxylation is 1. The maximum Gasteiger partial charge on any atom is 0.255 e. The molecule has 2 N–H and O–H groups in total. The van der Waals surface area contributed by atoms with Crippen molar-refractivity contribution in [3.05, 3.63) is 76.2 Å². The second-order valence-corrected chi connectivity index (χ2v) is 8.65. The van der Waals surface area contributed by atoms with Crippen LogP contribution in [-0.2, 0) is 4.79 Å². The number of amides is 1. The van der Waals surface area contributed by atoms with Crippen LogP contribution in [0, 0.1) is 19.7 Å². The number of carbonyl (C=O) groups is 1. The molecule has 0 saturated carbocycles. The summed E-state index contributed by atoms with van der Waals surface area (Å²) in [5.41, 5.74) is 4.60. The van der Waals surface area contributed by atoms with E-state index in [1.807, 2.05) is 45.9 Å². The number of hydrogen-bond donors (Lipinski definition) is 2. The minimum absolute atomic E-state index is 0.265. The molecule has 2 heterocycles. The Balaban J connectivity index is 1.80. The lowest BCUT2D eigenvalue weighted by molar-refractivity contribution is -0.113. The standard InChI is InChI=1S/C23H24FN5OS/c1-5-31-23-27-22-25-15(4)19(21(30)26-18-11-6-8-13(2)14(18)3)20(29(22)28-23)16-9-7-10-17(24)12-16/h6-12,20H,5H2,1-4H3,(H,26,30)(H,25,27,28).